The van der Waals surface area contributed by atoms with Gasteiger partial charge in [0.2, 0.25) is 0 Å². The number of ether oxygens (including phenoxy) is 1. The molecule has 0 aliphatic heterocycles. The summed E-state index contributed by atoms with van der Waals surface area (Å²) >= 11 is 0. The van der Waals surface area contributed by atoms with Crippen molar-refractivity contribution in [2.24, 2.45) is 5.92 Å². The molecule has 0 spiro atoms. The fourth-order valence-corrected chi connectivity index (χ4v) is 3.71. The second-order valence-electron chi connectivity index (χ2n) is 6.86. The van der Waals surface area contributed by atoms with Gasteiger partial charge in [0.05, 0.1) is 12.7 Å². The molecule has 134 valence electrons. The molecule has 1 aliphatic carbocycles. The molecular weight excluding hydrogens is 306 g/mol. The third kappa shape index (κ3) is 4.71. The molecule has 0 unspecified atom stereocenters. The zero-order valence-electron chi connectivity index (χ0n) is 14.7. The molecule has 5 nitrogen and oxygen atoms in total. The van der Waals surface area contributed by atoms with E-state index in [1.165, 1.54) is 0 Å². The molecule has 1 saturated carbocycles. The molecule has 0 bridgehead atoms. The van der Waals surface area contributed by atoms with Gasteiger partial charge in [-0.3, -0.25) is 4.79 Å². The number of aliphatic carboxylic acids is 1. The molecular formula is C19H29NO4. The van der Waals surface area contributed by atoms with E-state index >= 15 is 0 Å². The van der Waals surface area contributed by atoms with Crippen LogP contribution in [0.2, 0.25) is 0 Å². The van der Waals surface area contributed by atoms with Gasteiger partial charge >= 0.3 is 5.97 Å². The maximum atomic E-state index is 11.4. The van der Waals surface area contributed by atoms with Crippen LogP contribution in [0.5, 0.6) is 5.75 Å². The van der Waals surface area contributed by atoms with Gasteiger partial charge < -0.3 is 19.8 Å². The van der Waals surface area contributed by atoms with Crippen LogP contribution in [0.1, 0.15) is 44.1 Å². The Morgan fingerprint density at radius 3 is 2.92 bits per heavy atom. The summed E-state index contributed by atoms with van der Waals surface area (Å²) in [6.07, 6.45) is 4.71. The summed E-state index contributed by atoms with van der Waals surface area (Å²) in [5, 5.41) is 20.2. The lowest BCUT2D eigenvalue weighted by Crippen LogP contribution is -2.44. The zero-order chi connectivity index (χ0) is 17.6. The lowest BCUT2D eigenvalue weighted by Gasteiger charge is -2.42. The first-order valence-corrected chi connectivity index (χ1v) is 8.73. The molecule has 5 heteroatoms. The number of carbonyl (C=O) groups is 1. The highest BCUT2D eigenvalue weighted by Crippen LogP contribution is 2.42. The molecule has 0 aromatic heterocycles. The van der Waals surface area contributed by atoms with E-state index in [1.807, 2.05) is 31.3 Å². The molecule has 2 rings (SSSR count). The first-order valence-electron chi connectivity index (χ1n) is 8.73. The maximum absolute atomic E-state index is 11.4. The molecule has 1 aromatic carbocycles. The molecule has 1 fully saturated rings. The van der Waals surface area contributed by atoms with Crippen molar-refractivity contribution in [2.45, 2.75) is 44.1 Å². The van der Waals surface area contributed by atoms with Gasteiger partial charge in [0.15, 0.2) is 0 Å². The van der Waals surface area contributed by atoms with Crippen LogP contribution < -0.4 is 4.74 Å². The summed E-state index contributed by atoms with van der Waals surface area (Å²) in [7, 11) is 3.64. The lowest BCUT2D eigenvalue weighted by atomic mass is 9.71. The van der Waals surface area contributed by atoms with Crippen molar-refractivity contribution < 1.29 is 19.7 Å². The predicted octanol–water partition coefficient (Wildman–Crippen LogP) is 2.87. The highest BCUT2D eigenvalue weighted by atomic mass is 16.5. The van der Waals surface area contributed by atoms with Gasteiger partial charge in [-0.15, -0.1) is 0 Å². The normalized spacial score (nSPS) is 24.1. The van der Waals surface area contributed by atoms with E-state index in [1.54, 1.807) is 7.11 Å². The van der Waals surface area contributed by atoms with Crippen molar-refractivity contribution in [1.82, 2.24) is 4.90 Å². The largest absolute Gasteiger partial charge is 0.497 e. The van der Waals surface area contributed by atoms with Crippen molar-refractivity contribution in [3.05, 3.63) is 29.8 Å². The van der Waals surface area contributed by atoms with Gasteiger partial charge in [0, 0.05) is 18.9 Å². The molecule has 24 heavy (non-hydrogen) atoms. The second kappa shape index (κ2) is 8.49. The van der Waals surface area contributed by atoms with E-state index in [-0.39, 0.29) is 12.3 Å². The third-order valence-corrected chi connectivity index (χ3v) is 5.07. The molecule has 1 aliphatic rings. The second-order valence-corrected chi connectivity index (χ2v) is 6.86. The highest BCUT2D eigenvalue weighted by molar-refractivity contribution is 5.66. The quantitative estimate of drug-likeness (QED) is 0.764. The van der Waals surface area contributed by atoms with Crippen molar-refractivity contribution in [1.29, 1.82) is 0 Å². The number of hydrogen-bond acceptors (Lipinski definition) is 4. The fourth-order valence-electron chi connectivity index (χ4n) is 3.71. The highest BCUT2D eigenvalue weighted by Gasteiger charge is 2.40. The minimum atomic E-state index is -0.839. The molecule has 1 aromatic rings. The molecule has 2 atom stereocenters. The minimum absolute atomic E-state index is 0.146. The Kier molecular flexibility index (Phi) is 6.63. The molecule has 0 heterocycles. The van der Waals surface area contributed by atoms with Gasteiger partial charge in [-0.1, -0.05) is 25.0 Å². The average molecular weight is 335 g/mol. The van der Waals surface area contributed by atoms with Crippen LogP contribution in [0, 0.1) is 5.92 Å². The van der Waals surface area contributed by atoms with Gasteiger partial charge in [0.25, 0.3) is 0 Å². The summed E-state index contributed by atoms with van der Waals surface area (Å²) in [4.78, 5) is 12.8. The Morgan fingerprint density at radius 1 is 1.42 bits per heavy atom. The number of carboxylic acids is 1. The topological polar surface area (TPSA) is 70.0 Å². The SMILES string of the molecule is COc1cccc([C@@]2(O)CCCC[C@H]2CN(C)CCCC(=O)O)c1. The first-order chi connectivity index (χ1) is 11.5. The zero-order valence-corrected chi connectivity index (χ0v) is 14.7. The molecule has 2 N–H and O–H groups in total. The lowest BCUT2D eigenvalue weighted by molar-refractivity contribution is -0.137. The van der Waals surface area contributed by atoms with Crippen LogP contribution in [-0.4, -0.2) is 48.3 Å². The van der Waals surface area contributed by atoms with Crippen LogP contribution in [0.15, 0.2) is 24.3 Å². The van der Waals surface area contributed by atoms with E-state index in [0.29, 0.717) is 6.42 Å². The van der Waals surface area contributed by atoms with E-state index in [2.05, 4.69) is 4.90 Å². The number of nitrogens with zero attached hydrogens (tertiary/aromatic N) is 1. The molecule has 0 radical (unpaired) electrons. The van der Waals surface area contributed by atoms with Gasteiger partial charge in [0.1, 0.15) is 5.75 Å². The summed E-state index contributed by atoms with van der Waals surface area (Å²) in [6, 6.07) is 7.73. The van der Waals surface area contributed by atoms with Crippen molar-refractivity contribution in [3.63, 3.8) is 0 Å². The van der Waals surface area contributed by atoms with E-state index in [4.69, 9.17) is 9.84 Å². The van der Waals surface area contributed by atoms with Crippen molar-refractivity contribution >= 4 is 5.97 Å². The number of benzene rings is 1. The van der Waals surface area contributed by atoms with E-state index in [9.17, 15) is 9.90 Å². The summed E-state index contributed by atoms with van der Waals surface area (Å²) in [6.45, 7) is 1.50. The standard InChI is InChI=1S/C19H29NO4/c1-20(12-6-10-18(21)22)14-16-7-3-4-11-19(16,23)15-8-5-9-17(13-15)24-2/h5,8-9,13,16,23H,3-4,6-7,10-12,14H2,1-2H3,(H,21,22)/t16-,19-/m0/s1. The number of aliphatic hydroxyl groups is 1. The van der Waals surface area contributed by atoms with E-state index in [0.717, 1.165) is 50.1 Å². The monoisotopic (exact) mass is 335 g/mol. The number of methoxy groups -OCH3 is 1. The van der Waals surface area contributed by atoms with Gasteiger partial charge in [-0.05, 0) is 50.6 Å². The first kappa shape index (κ1) is 18.7. The Labute approximate surface area is 144 Å². The molecule has 0 saturated heterocycles. The average Bonchev–Trinajstić information content (AvgIpc) is 2.57. The number of rotatable bonds is 8. The predicted molar refractivity (Wildman–Crippen MR) is 93.2 cm³/mol. The minimum Gasteiger partial charge on any atom is -0.497 e. The summed E-state index contributed by atoms with van der Waals surface area (Å²) < 4.78 is 5.31. The Morgan fingerprint density at radius 2 is 2.21 bits per heavy atom. The van der Waals surface area contributed by atoms with Crippen molar-refractivity contribution in [2.75, 3.05) is 27.2 Å². The van der Waals surface area contributed by atoms with Crippen molar-refractivity contribution in [3.8, 4) is 5.75 Å². The van der Waals surface area contributed by atoms with Crippen LogP contribution in [0.4, 0.5) is 0 Å². The summed E-state index contributed by atoms with van der Waals surface area (Å²) in [5.74, 6) is 0.155. The Hall–Kier alpha value is -1.59. The van der Waals surface area contributed by atoms with Crippen LogP contribution in [-0.2, 0) is 10.4 Å². The third-order valence-electron chi connectivity index (χ3n) is 5.07. The molecule has 0 amide bonds. The van der Waals surface area contributed by atoms with Gasteiger partial charge in [-0.25, -0.2) is 0 Å². The Balaban J connectivity index is 2.07. The smallest absolute Gasteiger partial charge is 0.303 e. The number of carboxylic acid groups (broad SMARTS) is 1. The maximum Gasteiger partial charge on any atom is 0.303 e. The van der Waals surface area contributed by atoms with Gasteiger partial charge in [-0.2, -0.15) is 0 Å². The van der Waals surface area contributed by atoms with E-state index < -0.39 is 11.6 Å². The number of hydrogen-bond donors (Lipinski definition) is 2. The van der Waals surface area contributed by atoms with Crippen LogP contribution >= 0.6 is 0 Å². The van der Waals surface area contributed by atoms with Crippen LogP contribution in [0.25, 0.3) is 0 Å². The fraction of sp³-hybridized carbons (Fsp3) is 0.632. The van der Waals surface area contributed by atoms with Crippen LogP contribution in [0.3, 0.4) is 0 Å². The Bertz CT molecular complexity index is 548. The summed E-state index contributed by atoms with van der Waals surface area (Å²) in [5.41, 5.74) is 0.0823.